The first-order valence-corrected chi connectivity index (χ1v) is 13.4. The second-order valence-corrected chi connectivity index (χ2v) is 12.6. The second-order valence-electron chi connectivity index (χ2n) is 12.1. The Hall–Kier alpha value is -3.57. The normalized spacial score (nSPS) is 17.6. The monoisotopic (exact) mass is 545 g/mol. The Bertz CT molecular complexity index is 1470. The van der Waals surface area contributed by atoms with Crippen LogP contribution in [0.4, 0.5) is 5.69 Å². The van der Waals surface area contributed by atoms with Crippen LogP contribution in [-0.2, 0) is 20.4 Å². The highest BCUT2D eigenvalue weighted by Crippen LogP contribution is 2.45. The van der Waals surface area contributed by atoms with Crippen LogP contribution in [0, 0.1) is 6.92 Å². The summed E-state index contributed by atoms with van der Waals surface area (Å²) < 4.78 is 5.57. The molecule has 204 valence electrons. The lowest BCUT2D eigenvalue weighted by Crippen LogP contribution is -2.30. The van der Waals surface area contributed by atoms with Gasteiger partial charge in [0, 0.05) is 10.7 Å². The number of Topliss-reactive ketones (excluding diaryl/α,β-unsaturated/α-hetero) is 1. The topological polar surface area (TPSA) is 66.8 Å². The third-order valence-electron chi connectivity index (χ3n) is 7.29. The molecule has 0 saturated carbocycles. The molecule has 3 aromatic carbocycles. The van der Waals surface area contributed by atoms with Crippen molar-refractivity contribution in [3.8, 4) is 5.75 Å². The summed E-state index contributed by atoms with van der Waals surface area (Å²) in [4.78, 5) is 28.8. The molecule has 1 unspecified atom stereocenters. The number of carbonyl (C=O) groups is 2. The number of aryl methyl sites for hydroxylation is 1. The van der Waals surface area contributed by atoms with E-state index in [1.165, 1.54) is 12.0 Å². The molecule has 6 heteroatoms. The number of ketones is 1. The van der Waals surface area contributed by atoms with Crippen LogP contribution < -0.4 is 9.64 Å². The van der Waals surface area contributed by atoms with Gasteiger partial charge in [-0.25, -0.2) is 0 Å². The number of ether oxygens (including phenoxy) is 1. The minimum Gasteiger partial charge on any atom is -0.507 e. The van der Waals surface area contributed by atoms with Gasteiger partial charge in [-0.1, -0.05) is 89.5 Å². The standard InChI is InChI=1S/C33H36ClNO4/c1-19-9-15-23(34)18-25(19)35-28(20-10-12-21(13-11-20)32(2,3)4)27(30(37)31(35)38)29(36)24-17-22(33(5,6)7)14-16-26(24)39-8/h9-18,28,36H,1-8H3/b29-27+. The maximum atomic E-state index is 13.7. The molecule has 1 saturated heterocycles. The van der Waals surface area contributed by atoms with Crippen LogP contribution in [0.15, 0.2) is 66.2 Å². The summed E-state index contributed by atoms with van der Waals surface area (Å²) in [5.74, 6) is -1.35. The van der Waals surface area contributed by atoms with E-state index in [-0.39, 0.29) is 22.2 Å². The molecule has 1 N–H and O–H groups in total. The Morgan fingerprint density at radius 1 is 0.872 bits per heavy atom. The Balaban J connectivity index is 2.02. The van der Waals surface area contributed by atoms with Crippen LogP contribution >= 0.6 is 11.6 Å². The molecule has 0 aliphatic carbocycles. The first-order chi connectivity index (χ1) is 18.1. The van der Waals surface area contributed by atoms with Crippen LogP contribution in [-0.4, -0.2) is 23.9 Å². The molecule has 1 amide bonds. The number of hydrogen-bond acceptors (Lipinski definition) is 4. The van der Waals surface area contributed by atoms with Crippen LogP contribution in [0.1, 0.15) is 75.4 Å². The van der Waals surface area contributed by atoms with E-state index in [1.54, 1.807) is 18.2 Å². The average molecular weight is 546 g/mol. The van der Waals surface area contributed by atoms with Crippen LogP contribution in [0.3, 0.4) is 0 Å². The minimum absolute atomic E-state index is 0.00671. The fourth-order valence-corrected chi connectivity index (χ4v) is 5.07. The smallest absolute Gasteiger partial charge is 0.300 e. The molecule has 0 bridgehead atoms. The first-order valence-electron chi connectivity index (χ1n) is 13.0. The third-order valence-corrected chi connectivity index (χ3v) is 7.52. The fraction of sp³-hybridized carbons (Fsp3) is 0.333. The predicted octanol–water partition coefficient (Wildman–Crippen LogP) is 7.88. The van der Waals surface area contributed by atoms with Crippen molar-refractivity contribution in [1.82, 2.24) is 0 Å². The van der Waals surface area contributed by atoms with Crippen molar-refractivity contribution in [2.75, 3.05) is 12.0 Å². The summed E-state index contributed by atoms with van der Waals surface area (Å²) in [6, 6.07) is 17.7. The maximum Gasteiger partial charge on any atom is 0.300 e. The van der Waals surface area contributed by atoms with Crippen LogP contribution in [0.25, 0.3) is 5.76 Å². The minimum atomic E-state index is -0.862. The Labute approximate surface area is 236 Å². The van der Waals surface area contributed by atoms with Crippen molar-refractivity contribution in [1.29, 1.82) is 0 Å². The summed E-state index contributed by atoms with van der Waals surface area (Å²) in [6.45, 7) is 14.4. The number of aliphatic hydroxyl groups excluding tert-OH is 1. The third kappa shape index (κ3) is 5.33. The van der Waals surface area contributed by atoms with E-state index in [9.17, 15) is 14.7 Å². The fourth-order valence-electron chi connectivity index (χ4n) is 4.91. The quantitative estimate of drug-likeness (QED) is 0.206. The Morgan fingerprint density at radius 2 is 1.46 bits per heavy atom. The molecule has 39 heavy (non-hydrogen) atoms. The summed E-state index contributed by atoms with van der Waals surface area (Å²) in [5.41, 5.74) is 4.15. The highest BCUT2D eigenvalue weighted by Gasteiger charge is 2.47. The molecule has 1 heterocycles. The number of aliphatic hydroxyl groups is 1. The highest BCUT2D eigenvalue weighted by atomic mass is 35.5. The molecule has 1 aliphatic heterocycles. The number of amides is 1. The molecule has 1 fully saturated rings. The maximum absolute atomic E-state index is 13.7. The molecule has 1 atom stereocenters. The van der Waals surface area contributed by atoms with Gasteiger partial charge in [-0.3, -0.25) is 14.5 Å². The lowest BCUT2D eigenvalue weighted by atomic mass is 9.84. The van der Waals surface area contributed by atoms with Gasteiger partial charge in [-0.05, 0) is 64.3 Å². The van der Waals surface area contributed by atoms with Gasteiger partial charge in [0.25, 0.3) is 11.7 Å². The lowest BCUT2D eigenvalue weighted by Gasteiger charge is -2.28. The van der Waals surface area contributed by atoms with Crippen molar-refractivity contribution < 1.29 is 19.4 Å². The van der Waals surface area contributed by atoms with Gasteiger partial charge in [-0.15, -0.1) is 0 Å². The van der Waals surface area contributed by atoms with E-state index < -0.39 is 17.7 Å². The molecule has 1 aliphatic rings. The molecule has 0 radical (unpaired) electrons. The Morgan fingerprint density at radius 3 is 2.03 bits per heavy atom. The lowest BCUT2D eigenvalue weighted by molar-refractivity contribution is -0.132. The SMILES string of the molecule is COc1ccc(C(C)(C)C)cc1/C(O)=C1\C(=O)C(=O)N(c2cc(Cl)ccc2C)C1c1ccc(C(C)(C)C)cc1. The van der Waals surface area contributed by atoms with Gasteiger partial charge in [0.2, 0.25) is 0 Å². The number of nitrogens with zero attached hydrogens (tertiary/aromatic N) is 1. The molecular weight excluding hydrogens is 510 g/mol. The molecule has 3 aromatic rings. The van der Waals surface area contributed by atoms with E-state index in [2.05, 4.69) is 41.5 Å². The molecule has 0 spiro atoms. The first kappa shape index (κ1) is 28.4. The van der Waals surface area contributed by atoms with E-state index in [0.29, 0.717) is 27.6 Å². The van der Waals surface area contributed by atoms with Gasteiger partial charge in [0.15, 0.2) is 0 Å². The largest absolute Gasteiger partial charge is 0.507 e. The van der Waals surface area contributed by atoms with E-state index >= 15 is 0 Å². The average Bonchev–Trinajstić information content (AvgIpc) is 3.13. The summed E-state index contributed by atoms with van der Waals surface area (Å²) in [5, 5.41) is 12.2. The molecular formula is C33H36ClNO4. The number of benzene rings is 3. The summed E-state index contributed by atoms with van der Waals surface area (Å²) in [7, 11) is 1.51. The second kappa shape index (κ2) is 10.2. The zero-order chi connectivity index (χ0) is 28.9. The highest BCUT2D eigenvalue weighted by molar-refractivity contribution is 6.52. The molecule has 4 rings (SSSR count). The van der Waals surface area contributed by atoms with Crippen molar-refractivity contribution in [3.63, 3.8) is 0 Å². The van der Waals surface area contributed by atoms with Gasteiger partial charge < -0.3 is 9.84 Å². The van der Waals surface area contributed by atoms with E-state index in [0.717, 1.165) is 16.7 Å². The summed E-state index contributed by atoms with van der Waals surface area (Å²) >= 11 is 6.34. The van der Waals surface area contributed by atoms with Gasteiger partial charge >= 0.3 is 0 Å². The van der Waals surface area contributed by atoms with Crippen molar-refractivity contribution >= 4 is 34.7 Å². The van der Waals surface area contributed by atoms with Gasteiger partial charge in [-0.2, -0.15) is 0 Å². The number of anilines is 1. The number of rotatable bonds is 4. The number of carbonyl (C=O) groups excluding carboxylic acids is 2. The van der Waals surface area contributed by atoms with Gasteiger partial charge in [0.05, 0.1) is 24.3 Å². The number of hydrogen-bond donors (Lipinski definition) is 1. The number of methoxy groups -OCH3 is 1. The zero-order valence-electron chi connectivity index (χ0n) is 23.8. The van der Waals surface area contributed by atoms with Crippen LogP contribution in [0.5, 0.6) is 5.75 Å². The predicted molar refractivity (Wildman–Crippen MR) is 158 cm³/mol. The van der Waals surface area contributed by atoms with Crippen LogP contribution in [0.2, 0.25) is 5.02 Å². The molecule has 5 nitrogen and oxygen atoms in total. The van der Waals surface area contributed by atoms with Crippen molar-refractivity contribution in [3.05, 3.63) is 99.1 Å². The number of halogens is 1. The van der Waals surface area contributed by atoms with Crippen molar-refractivity contribution in [2.24, 2.45) is 0 Å². The summed E-state index contributed by atoms with van der Waals surface area (Å²) in [6.07, 6.45) is 0. The van der Waals surface area contributed by atoms with E-state index in [1.807, 2.05) is 49.4 Å². The van der Waals surface area contributed by atoms with E-state index in [4.69, 9.17) is 16.3 Å². The zero-order valence-corrected chi connectivity index (χ0v) is 24.6. The van der Waals surface area contributed by atoms with Crippen molar-refractivity contribution in [2.45, 2.75) is 65.3 Å². The van der Waals surface area contributed by atoms with Gasteiger partial charge in [0.1, 0.15) is 11.5 Å². The Kier molecular flexibility index (Phi) is 7.44. The molecule has 0 aromatic heterocycles.